The van der Waals surface area contributed by atoms with Gasteiger partial charge in [-0.25, -0.2) is 14.4 Å². The molecule has 1 amide bonds. The number of amides is 1. The van der Waals surface area contributed by atoms with Crippen LogP contribution in [0, 0.1) is 5.82 Å². The van der Waals surface area contributed by atoms with Crippen LogP contribution in [0.5, 0.6) is 5.75 Å². The fraction of sp³-hybridized carbons (Fsp3) is 0.250. The van der Waals surface area contributed by atoms with Crippen molar-refractivity contribution < 1.29 is 13.9 Å². The highest BCUT2D eigenvalue weighted by atomic mass is 35.5. The maximum Gasteiger partial charge on any atom is 0.242 e. The molecule has 0 radical (unpaired) electrons. The lowest BCUT2D eigenvalue weighted by atomic mass is 10.1. The molecule has 0 unspecified atom stereocenters. The summed E-state index contributed by atoms with van der Waals surface area (Å²) in [4.78, 5) is 24.9. The van der Waals surface area contributed by atoms with Crippen molar-refractivity contribution in [2.24, 2.45) is 0 Å². The van der Waals surface area contributed by atoms with Crippen LogP contribution in [0.4, 0.5) is 10.2 Å². The Morgan fingerprint density at radius 1 is 1.18 bits per heavy atom. The van der Waals surface area contributed by atoms with E-state index in [0.29, 0.717) is 41.4 Å². The SMILES string of the molecule is COc1cc2c(N3CCN(Cc4ccc(Cl)cc4)C(=O)C3)ncnc2cc1F. The molecule has 1 fully saturated rings. The minimum Gasteiger partial charge on any atom is -0.494 e. The Kier molecular flexibility index (Phi) is 5.00. The zero-order valence-electron chi connectivity index (χ0n) is 15.2. The fourth-order valence-electron chi connectivity index (χ4n) is 3.32. The van der Waals surface area contributed by atoms with E-state index >= 15 is 0 Å². The number of aromatic nitrogens is 2. The van der Waals surface area contributed by atoms with Crippen LogP contribution in [0.3, 0.4) is 0 Å². The summed E-state index contributed by atoms with van der Waals surface area (Å²) in [6, 6.07) is 10.4. The van der Waals surface area contributed by atoms with Crippen LogP contribution in [-0.4, -0.2) is 47.5 Å². The monoisotopic (exact) mass is 400 g/mol. The van der Waals surface area contributed by atoms with Gasteiger partial charge < -0.3 is 14.5 Å². The number of hydrogen-bond donors (Lipinski definition) is 0. The molecule has 2 heterocycles. The highest BCUT2D eigenvalue weighted by Gasteiger charge is 2.26. The van der Waals surface area contributed by atoms with E-state index in [1.165, 1.54) is 19.5 Å². The van der Waals surface area contributed by atoms with Gasteiger partial charge in [-0.3, -0.25) is 4.79 Å². The number of piperazine rings is 1. The Morgan fingerprint density at radius 2 is 1.96 bits per heavy atom. The minimum absolute atomic E-state index is 0.00189. The van der Waals surface area contributed by atoms with E-state index in [4.69, 9.17) is 16.3 Å². The number of hydrogen-bond acceptors (Lipinski definition) is 5. The normalized spacial score (nSPS) is 14.6. The van der Waals surface area contributed by atoms with Gasteiger partial charge in [-0.15, -0.1) is 0 Å². The zero-order chi connectivity index (χ0) is 19.7. The van der Waals surface area contributed by atoms with Gasteiger partial charge in [0.05, 0.1) is 19.2 Å². The number of nitrogens with zero attached hydrogens (tertiary/aromatic N) is 4. The third kappa shape index (κ3) is 3.57. The zero-order valence-corrected chi connectivity index (χ0v) is 16.0. The number of ether oxygens (including phenoxy) is 1. The number of benzene rings is 2. The molecule has 1 aliphatic rings. The molecule has 1 aliphatic heterocycles. The second-order valence-electron chi connectivity index (χ2n) is 6.56. The Hall–Kier alpha value is -2.93. The fourth-order valence-corrected chi connectivity index (χ4v) is 3.45. The molecule has 0 N–H and O–H groups in total. The van der Waals surface area contributed by atoms with Crippen LogP contribution in [0.15, 0.2) is 42.7 Å². The van der Waals surface area contributed by atoms with Crippen LogP contribution in [0.25, 0.3) is 10.9 Å². The predicted molar refractivity (Wildman–Crippen MR) is 105 cm³/mol. The van der Waals surface area contributed by atoms with Crippen molar-refractivity contribution in [3.8, 4) is 5.75 Å². The van der Waals surface area contributed by atoms with Gasteiger partial charge in [0.1, 0.15) is 12.1 Å². The smallest absolute Gasteiger partial charge is 0.242 e. The predicted octanol–water partition coefficient (Wildman–Crippen LogP) is 3.28. The molecule has 0 atom stereocenters. The average Bonchev–Trinajstić information content (AvgIpc) is 2.70. The minimum atomic E-state index is -0.483. The number of carbonyl (C=O) groups excluding carboxylic acids is 1. The van der Waals surface area contributed by atoms with E-state index in [0.717, 1.165) is 5.56 Å². The average molecular weight is 401 g/mol. The quantitative estimate of drug-likeness (QED) is 0.672. The van der Waals surface area contributed by atoms with E-state index in [-0.39, 0.29) is 18.2 Å². The highest BCUT2D eigenvalue weighted by Crippen LogP contribution is 2.30. The van der Waals surface area contributed by atoms with E-state index in [2.05, 4.69) is 9.97 Å². The third-order valence-corrected chi connectivity index (χ3v) is 5.04. The topological polar surface area (TPSA) is 58.6 Å². The molecule has 0 saturated carbocycles. The summed E-state index contributed by atoms with van der Waals surface area (Å²) in [5, 5.41) is 1.32. The second kappa shape index (κ2) is 7.59. The molecule has 1 aromatic heterocycles. The molecule has 0 aliphatic carbocycles. The maximum atomic E-state index is 14.0. The lowest BCUT2D eigenvalue weighted by Crippen LogP contribution is -2.50. The largest absolute Gasteiger partial charge is 0.494 e. The Labute approximate surface area is 166 Å². The van der Waals surface area contributed by atoms with Crippen LogP contribution >= 0.6 is 11.6 Å². The number of halogens is 2. The summed E-state index contributed by atoms with van der Waals surface area (Å²) < 4.78 is 19.0. The summed E-state index contributed by atoms with van der Waals surface area (Å²) in [5.41, 5.74) is 1.50. The Balaban J connectivity index is 1.55. The number of rotatable bonds is 4. The molecule has 0 spiro atoms. The summed E-state index contributed by atoms with van der Waals surface area (Å²) in [6.07, 6.45) is 1.38. The number of fused-ring (bicyclic) bond motifs is 1. The van der Waals surface area contributed by atoms with E-state index in [9.17, 15) is 9.18 Å². The van der Waals surface area contributed by atoms with Gasteiger partial charge in [0.2, 0.25) is 5.91 Å². The molecular weight excluding hydrogens is 383 g/mol. The van der Waals surface area contributed by atoms with Gasteiger partial charge in [-0.1, -0.05) is 23.7 Å². The first-order valence-electron chi connectivity index (χ1n) is 8.80. The molecule has 6 nitrogen and oxygen atoms in total. The Bertz CT molecular complexity index is 1030. The molecule has 0 bridgehead atoms. The first kappa shape index (κ1) is 18.4. The summed E-state index contributed by atoms with van der Waals surface area (Å²) in [7, 11) is 1.41. The van der Waals surface area contributed by atoms with Crippen molar-refractivity contribution in [1.82, 2.24) is 14.9 Å². The first-order chi connectivity index (χ1) is 13.5. The van der Waals surface area contributed by atoms with Crippen LogP contribution in [0.1, 0.15) is 5.56 Å². The van der Waals surface area contributed by atoms with E-state index in [1.54, 1.807) is 6.07 Å². The number of carbonyl (C=O) groups is 1. The second-order valence-corrected chi connectivity index (χ2v) is 7.00. The molecule has 4 rings (SSSR count). The lowest BCUT2D eigenvalue weighted by molar-refractivity contribution is -0.131. The van der Waals surface area contributed by atoms with Crippen LogP contribution < -0.4 is 9.64 Å². The summed E-state index contributed by atoms with van der Waals surface area (Å²) in [5.74, 6) is 0.240. The molecule has 3 aromatic rings. The molecule has 28 heavy (non-hydrogen) atoms. The third-order valence-electron chi connectivity index (χ3n) is 4.79. The molecule has 8 heteroatoms. The first-order valence-corrected chi connectivity index (χ1v) is 9.18. The molecule has 144 valence electrons. The molecule has 2 aromatic carbocycles. The van der Waals surface area contributed by atoms with Crippen LogP contribution in [-0.2, 0) is 11.3 Å². The summed E-state index contributed by atoms with van der Waals surface area (Å²) in [6.45, 7) is 1.91. The van der Waals surface area contributed by atoms with Crippen LogP contribution in [0.2, 0.25) is 5.02 Å². The van der Waals surface area contributed by atoms with Crippen molar-refractivity contribution in [3.63, 3.8) is 0 Å². The van der Waals surface area contributed by atoms with Gasteiger partial charge in [-0.05, 0) is 23.8 Å². The highest BCUT2D eigenvalue weighted by molar-refractivity contribution is 6.30. The molecular formula is C20H18ClFN4O2. The van der Waals surface area contributed by atoms with E-state index in [1.807, 2.05) is 34.1 Å². The molecule has 1 saturated heterocycles. The van der Waals surface area contributed by atoms with Crippen molar-refractivity contribution >= 4 is 34.2 Å². The summed E-state index contributed by atoms with van der Waals surface area (Å²) >= 11 is 5.92. The van der Waals surface area contributed by atoms with E-state index < -0.39 is 5.82 Å². The van der Waals surface area contributed by atoms with Gasteiger partial charge in [-0.2, -0.15) is 0 Å². The Morgan fingerprint density at radius 3 is 2.68 bits per heavy atom. The lowest BCUT2D eigenvalue weighted by Gasteiger charge is -2.35. The number of anilines is 1. The van der Waals surface area contributed by atoms with Gasteiger partial charge >= 0.3 is 0 Å². The van der Waals surface area contributed by atoms with Crippen molar-refractivity contribution in [1.29, 1.82) is 0 Å². The van der Waals surface area contributed by atoms with Gasteiger partial charge in [0.25, 0.3) is 0 Å². The standard InChI is InChI=1S/C20H18ClFN4O2/c1-28-18-8-15-17(9-16(18)22)23-12-24-20(15)26-7-6-25(19(27)11-26)10-13-2-4-14(21)5-3-13/h2-5,8-9,12H,6-7,10-11H2,1H3. The van der Waals surface area contributed by atoms with Crippen molar-refractivity contribution in [2.75, 3.05) is 31.6 Å². The van der Waals surface area contributed by atoms with Gasteiger partial charge in [0.15, 0.2) is 11.6 Å². The maximum absolute atomic E-state index is 14.0. The van der Waals surface area contributed by atoms with Gasteiger partial charge in [0, 0.05) is 36.1 Å². The number of methoxy groups -OCH3 is 1. The van der Waals surface area contributed by atoms with Crippen molar-refractivity contribution in [2.45, 2.75) is 6.54 Å². The van der Waals surface area contributed by atoms with Crippen molar-refractivity contribution in [3.05, 3.63) is 59.1 Å².